The summed E-state index contributed by atoms with van der Waals surface area (Å²) >= 11 is 12.1. The number of ether oxygens (including phenoxy) is 2. The SMILES string of the molecule is CCOC(=O)C1=C(CC)NC(=O)NC1c1ccc(OCc2ccc(Cl)cc2Cl)cc1. The van der Waals surface area contributed by atoms with Crippen LogP contribution in [0.5, 0.6) is 5.75 Å². The molecule has 30 heavy (non-hydrogen) atoms. The van der Waals surface area contributed by atoms with Gasteiger partial charge in [-0.3, -0.25) is 0 Å². The lowest BCUT2D eigenvalue weighted by Gasteiger charge is -2.29. The van der Waals surface area contributed by atoms with Crippen LogP contribution in [0.3, 0.4) is 0 Å². The van der Waals surface area contributed by atoms with Gasteiger partial charge >= 0.3 is 12.0 Å². The standard InChI is InChI=1S/C22H22Cl2N2O4/c1-3-18-19(21(27)29-4-2)20(26-22(28)25-18)13-6-9-16(10-7-13)30-12-14-5-8-15(23)11-17(14)24/h5-11,20H,3-4,12H2,1-2H3,(H2,25,26,28). The number of rotatable bonds is 7. The van der Waals surface area contributed by atoms with Gasteiger partial charge in [-0.1, -0.05) is 48.3 Å². The molecule has 0 saturated carbocycles. The van der Waals surface area contributed by atoms with Crippen LogP contribution in [0.2, 0.25) is 10.0 Å². The lowest BCUT2D eigenvalue weighted by molar-refractivity contribution is -0.139. The highest BCUT2D eigenvalue weighted by Crippen LogP contribution is 2.30. The van der Waals surface area contributed by atoms with Crippen LogP contribution in [-0.2, 0) is 16.1 Å². The minimum absolute atomic E-state index is 0.250. The van der Waals surface area contributed by atoms with Gasteiger partial charge in [-0.25, -0.2) is 9.59 Å². The van der Waals surface area contributed by atoms with Crippen LogP contribution >= 0.6 is 23.2 Å². The van der Waals surface area contributed by atoms with Gasteiger partial charge in [0.15, 0.2) is 0 Å². The number of amides is 2. The maximum Gasteiger partial charge on any atom is 0.338 e. The van der Waals surface area contributed by atoms with E-state index >= 15 is 0 Å². The number of nitrogens with one attached hydrogen (secondary N) is 2. The van der Waals surface area contributed by atoms with E-state index in [4.69, 9.17) is 32.7 Å². The average Bonchev–Trinajstić information content (AvgIpc) is 2.73. The highest BCUT2D eigenvalue weighted by atomic mass is 35.5. The number of hydrogen-bond acceptors (Lipinski definition) is 4. The Morgan fingerprint density at radius 2 is 1.83 bits per heavy atom. The molecule has 0 aromatic heterocycles. The molecule has 0 fully saturated rings. The smallest absolute Gasteiger partial charge is 0.338 e. The van der Waals surface area contributed by atoms with Crippen LogP contribution < -0.4 is 15.4 Å². The molecule has 1 unspecified atom stereocenters. The lowest BCUT2D eigenvalue weighted by atomic mass is 9.94. The van der Waals surface area contributed by atoms with Crippen LogP contribution in [0, 0.1) is 0 Å². The fourth-order valence-electron chi connectivity index (χ4n) is 3.15. The second-order valence-corrected chi connectivity index (χ2v) is 7.43. The molecule has 0 radical (unpaired) electrons. The van der Waals surface area contributed by atoms with E-state index in [9.17, 15) is 9.59 Å². The average molecular weight is 449 g/mol. The highest BCUT2D eigenvalue weighted by Gasteiger charge is 2.32. The third kappa shape index (κ3) is 5.07. The van der Waals surface area contributed by atoms with Crippen molar-refractivity contribution >= 4 is 35.2 Å². The Balaban J connectivity index is 1.79. The number of esters is 1. The minimum atomic E-state index is -0.604. The minimum Gasteiger partial charge on any atom is -0.489 e. The highest BCUT2D eigenvalue weighted by molar-refractivity contribution is 6.35. The van der Waals surface area contributed by atoms with Gasteiger partial charge in [-0.15, -0.1) is 0 Å². The number of halogens is 2. The van der Waals surface area contributed by atoms with Crippen LogP contribution in [-0.4, -0.2) is 18.6 Å². The molecule has 1 heterocycles. The molecular formula is C22H22Cl2N2O4. The molecule has 0 saturated heterocycles. The number of benzene rings is 2. The Hall–Kier alpha value is -2.70. The zero-order valence-corrected chi connectivity index (χ0v) is 18.1. The summed E-state index contributed by atoms with van der Waals surface area (Å²) in [6.07, 6.45) is 0.501. The van der Waals surface area contributed by atoms with Gasteiger partial charge in [0, 0.05) is 21.3 Å². The van der Waals surface area contributed by atoms with E-state index in [1.54, 1.807) is 31.2 Å². The third-order valence-electron chi connectivity index (χ3n) is 4.63. The van der Waals surface area contributed by atoms with Gasteiger partial charge in [0.2, 0.25) is 0 Å². The van der Waals surface area contributed by atoms with Gasteiger partial charge in [-0.2, -0.15) is 0 Å². The Kier molecular flexibility index (Phi) is 7.24. The molecule has 8 heteroatoms. The first-order chi connectivity index (χ1) is 14.4. The van der Waals surface area contributed by atoms with Gasteiger partial charge in [0.25, 0.3) is 0 Å². The van der Waals surface area contributed by atoms with E-state index in [-0.39, 0.29) is 19.2 Å². The van der Waals surface area contributed by atoms with Crippen LogP contribution in [0.25, 0.3) is 0 Å². The summed E-state index contributed by atoms with van der Waals surface area (Å²) < 4.78 is 11.0. The number of carbonyl (C=O) groups is 2. The first-order valence-electron chi connectivity index (χ1n) is 9.57. The second-order valence-electron chi connectivity index (χ2n) is 6.59. The van der Waals surface area contributed by atoms with E-state index in [1.165, 1.54) is 0 Å². The molecule has 0 spiro atoms. The third-order valence-corrected chi connectivity index (χ3v) is 5.21. The van der Waals surface area contributed by atoms with Crippen molar-refractivity contribution in [3.8, 4) is 5.75 Å². The summed E-state index contributed by atoms with van der Waals surface area (Å²) in [6.45, 7) is 4.15. The number of urea groups is 1. The number of allylic oxidation sites excluding steroid dienone is 1. The normalized spacial score (nSPS) is 16.0. The Labute approximate surface area is 185 Å². The lowest BCUT2D eigenvalue weighted by Crippen LogP contribution is -2.45. The number of carbonyl (C=O) groups excluding carboxylic acids is 2. The largest absolute Gasteiger partial charge is 0.489 e. The molecular weight excluding hydrogens is 427 g/mol. The predicted octanol–water partition coefficient (Wildman–Crippen LogP) is 5.15. The van der Waals surface area contributed by atoms with Crippen LogP contribution in [0.15, 0.2) is 53.7 Å². The Morgan fingerprint density at radius 3 is 2.47 bits per heavy atom. The first-order valence-corrected chi connectivity index (χ1v) is 10.3. The van der Waals surface area contributed by atoms with Gasteiger partial charge in [0.1, 0.15) is 12.4 Å². The molecule has 1 aliphatic rings. The molecule has 1 atom stereocenters. The summed E-state index contributed by atoms with van der Waals surface area (Å²) in [5.41, 5.74) is 2.52. The molecule has 1 aliphatic heterocycles. The van der Waals surface area contributed by atoms with Crippen molar-refractivity contribution in [2.24, 2.45) is 0 Å². The van der Waals surface area contributed by atoms with Gasteiger partial charge in [-0.05, 0) is 43.2 Å². The van der Waals surface area contributed by atoms with Crippen molar-refractivity contribution in [2.75, 3.05) is 6.61 Å². The van der Waals surface area contributed by atoms with Crippen molar-refractivity contribution in [3.63, 3.8) is 0 Å². The predicted molar refractivity (Wildman–Crippen MR) is 116 cm³/mol. The van der Waals surface area contributed by atoms with Crippen LogP contribution in [0.1, 0.15) is 37.4 Å². The zero-order valence-electron chi connectivity index (χ0n) is 16.6. The van der Waals surface area contributed by atoms with Gasteiger partial charge in [0.05, 0.1) is 18.2 Å². The maximum atomic E-state index is 12.5. The monoisotopic (exact) mass is 448 g/mol. The van der Waals surface area contributed by atoms with Crippen molar-refractivity contribution in [1.82, 2.24) is 10.6 Å². The molecule has 0 aliphatic carbocycles. The fraction of sp³-hybridized carbons (Fsp3) is 0.273. The molecule has 0 bridgehead atoms. The molecule has 2 aromatic carbocycles. The van der Waals surface area contributed by atoms with Crippen molar-refractivity contribution in [3.05, 3.63) is 74.9 Å². The second kappa shape index (κ2) is 9.87. The van der Waals surface area contributed by atoms with Crippen LogP contribution in [0.4, 0.5) is 4.79 Å². The van der Waals surface area contributed by atoms with E-state index in [0.29, 0.717) is 33.5 Å². The molecule has 6 nitrogen and oxygen atoms in total. The molecule has 2 amide bonds. The van der Waals surface area contributed by atoms with E-state index < -0.39 is 12.0 Å². The topological polar surface area (TPSA) is 76.7 Å². The quantitative estimate of drug-likeness (QED) is 0.573. The van der Waals surface area contributed by atoms with E-state index in [1.807, 2.05) is 25.1 Å². The van der Waals surface area contributed by atoms with E-state index in [0.717, 1.165) is 11.1 Å². The first kappa shape index (κ1) is 22.0. The molecule has 158 valence electrons. The summed E-state index contributed by atoms with van der Waals surface area (Å²) in [6, 6.07) is 11.4. The van der Waals surface area contributed by atoms with Crippen molar-refractivity contribution in [2.45, 2.75) is 32.9 Å². The Morgan fingerprint density at radius 1 is 1.10 bits per heavy atom. The van der Waals surface area contributed by atoms with Gasteiger partial charge < -0.3 is 20.1 Å². The Bertz CT molecular complexity index is 974. The number of hydrogen-bond donors (Lipinski definition) is 2. The fourth-order valence-corrected chi connectivity index (χ4v) is 3.62. The summed E-state index contributed by atoms with van der Waals surface area (Å²) in [4.78, 5) is 24.6. The van der Waals surface area contributed by atoms with Crippen molar-refractivity contribution < 1.29 is 19.1 Å². The maximum absolute atomic E-state index is 12.5. The van der Waals surface area contributed by atoms with E-state index in [2.05, 4.69) is 10.6 Å². The molecule has 3 rings (SSSR count). The summed E-state index contributed by atoms with van der Waals surface area (Å²) in [5.74, 6) is 0.173. The molecule has 2 aromatic rings. The van der Waals surface area contributed by atoms with Crippen molar-refractivity contribution in [1.29, 1.82) is 0 Å². The summed E-state index contributed by atoms with van der Waals surface area (Å²) in [5, 5.41) is 6.59. The zero-order chi connectivity index (χ0) is 21.7. The summed E-state index contributed by atoms with van der Waals surface area (Å²) in [7, 11) is 0. The molecule has 2 N–H and O–H groups in total.